The lowest BCUT2D eigenvalue weighted by Gasteiger charge is -2.14. The second-order valence-electron chi connectivity index (χ2n) is 5.40. The van der Waals surface area contributed by atoms with Crippen molar-refractivity contribution in [1.29, 1.82) is 0 Å². The summed E-state index contributed by atoms with van der Waals surface area (Å²) in [4.78, 5) is 7.41. The lowest BCUT2D eigenvalue weighted by Crippen LogP contribution is -2.15. The highest BCUT2D eigenvalue weighted by molar-refractivity contribution is 5.58. The van der Waals surface area contributed by atoms with Crippen LogP contribution in [-0.2, 0) is 0 Å². The van der Waals surface area contributed by atoms with Crippen molar-refractivity contribution in [2.24, 2.45) is 11.7 Å². The van der Waals surface area contributed by atoms with Crippen molar-refractivity contribution in [3.8, 4) is 11.3 Å². The Hall–Kier alpha value is -1.75. The van der Waals surface area contributed by atoms with Crippen molar-refractivity contribution in [1.82, 2.24) is 9.97 Å². The second-order valence-corrected chi connectivity index (χ2v) is 5.40. The molecule has 2 aromatic rings. The molecule has 0 radical (unpaired) electrons. The van der Waals surface area contributed by atoms with Gasteiger partial charge in [0, 0.05) is 24.1 Å². The number of nitrogens with two attached hydrogens (primary N) is 1. The summed E-state index contributed by atoms with van der Waals surface area (Å²) in [5, 5.41) is 0. The van der Waals surface area contributed by atoms with Crippen LogP contribution in [0.3, 0.4) is 0 Å². The maximum atomic E-state index is 13.2. The third-order valence-electron chi connectivity index (χ3n) is 3.20. The SMILES string of the molecule is CC(C)CC(CN)c1ncc(-c2cc(F)cc(F)c2)[nH]1. The molecular weight excluding hydrogens is 260 g/mol. The molecule has 1 aromatic heterocycles. The Labute approximate surface area is 117 Å². The van der Waals surface area contributed by atoms with Gasteiger partial charge >= 0.3 is 0 Å². The minimum absolute atomic E-state index is 0.127. The number of nitrogens with one attached hydrogen (secondary N) is 1. The lowest BCUT2D eigenvalue weighted by atomic mass is 9.97. The van der Waals surface area contributed by atoms with Crippen LogP contribution in [0.1, 0.15) is 32.0 Å². The van der Waals surface area contributed by atoms with Crippen LogP contribution in [0.4, 0.5) is 8.78 Å². The van der Waals surface area contributed by atoms with E-state index in [1.54, 1.807) is 6.20 Å². The van der Waals surface area contributed by atoms with Gasteiger partial charge in [-0.05, 0) is 24.5 Å². The number of imidazole rings is 1. The summed E-state index contributed by atoms with van der Waals surface area (Å²) in [6.07, 6.45) is 2.51. The molecule has 0 aliphatic rings. The smallest absolute Gasteiger partial charge is 0.126 e. The highest BCUT2D eigenvalue weighted by Crippen LogP contribution is 2.25. The van der Waals surface area contributed by atoms with Crippen LogP contribution in [0.5, 0.6) is 0 Å². The van der Waals surface area contributed by atoms with Crippen molar-refractivity contribution in [2.75, 3.05) is 6.54 Å². The van der Waals surface area contributed by atoms with Crippen LogP contribution in [0.15, 0.2) is 24.4 Å². The molecule has 0 aliphatic carbocycles. The molecule has 1 atom stereocenters. The van der Waals surface area contributed by atoms with E-state index in [4.69, 9.17) is 5.73 Å². The number of hydrogen-bond donors (Lipinski definition) is 2. The van der Waals surface area contributed by atoms with Crippen LogP contribution in [0.25, 0.3) is 11.3 Å². The zero-order valence-corrected chi connectivity index (χ0v) is 11.7. The molecule has 5 heteroatoms. The van der Waals surface area contributed by atoms with Gasteiger partial charge in [-0.1, -0.05) is 13.8 Å². The van der Waals surface area contributed by atoms with Gasteiger partial charge < -0.3 is 10.7 Å². The second kappa shape index (κ2) is 6.13. The molecule has 1 aromatic carbocycles. The lowest BCUT2D eigenvalue weighted by molar-refractivity contribution is 0.490. The normalized spacial score (nSPS) is 12.9. The van der Waals surface area contributed by atoms with E-state index < -0.39 is 11.6 Å². The minimum Gasteiger partial charge on any atom is -0.342 e. The predicted octanol–water partition coefficient (Wildman–Crippen LogP) is 3.44. The Morgan fingerprint density at radius 2 is 1.85 bits per heavy atom. The average molecular weight is 279 g/mol. The number of H-pyrrole nitrogens is 1. The van der Waals surface area contributed by atoms with Gasteiger partial charge in [0.05, 0.1) is 11.9 Å². The molecular formula is C15H19F2N3. The predicted molar refractivity (Wildman–Crippen MR) is 75.2 cm³/mol. The van der Waals surface area contributed by atoms with Crippen LogP contribution < -0.4 is 5.73 Å². The molecule has 0 amide bonds. The Bertz CT molecular complexity index is 558. The first-order valence-corrected chi connectivity index (χ1v) is 6.71. The van der Waals surface area contributed by atoms with Crippen LogP contribution in [0, 0.1) is 17.6 Å². The monoisotopic (exact) mass is 279 g/mol. The summed E-state index contributed by atoms with van der Waals surface area (Å²) in [5.41, 5.74) is 6.81. The molecule has 0 saturated heterocycles. The fourth-order valence-electron chi connectivity index (χ4n) is 2.29. The highest BCUT2D eigenvalue weighted by Gasteiger charge is 2.16. The van der Waals surface area contributed by atoms with Crippen LogP contribution >= 0.6 is 0 Å². The van der Waals surface area contributed by atoms with E-state index in [9.17, 15) is 8.78 Å². The number of halogens is 2. The van der Waals surface area contributed by atoms with E-state index in [0.29, 0.717) is 23.7 Å². The summed E-state index contributed by atoms with van der Waals surface area (Å²) in [7, 11) is 0. The van der Waals surface area contributed by atoms with Gasteiger partial charge in [-0.15, -0.1) is 0 Å². The first kappa shape index (κ1) is 14.7. The zero-order valence-electron chi connectivity index (χ0n) is 11.7. The van der Waals surface area contributed by atoms with Crippen molar-refractivity contribution in [3.63, 3.8) is 0 Å². The quantitative estimate of drug-likeness (QED) is 0.880. The molecule has 0 saturated carbocycles. The van der Waals surface area contributed by atoms with E-state index in [1.165, 1.54) is 12.1 Å². The molecule has 3 nitrogen and oxygen atoms in total. The van der Waals surface area contributed by atoms with Crippen molar-refractivity contribution < 1.29 is 8.78 Å². The van der Waals surface area contributed by atoms with Gasteiger partial charge in [0.1, 0.15) is 17.5 Å². The summed E-state index contributed by atoms with van der Waals surface area (Å²) in [6, 6.07) is 3.41. The van der Waals surface area contributed by atoms with Gasteiger partial charge in [0.25, 0.3) is 0 Å². The van der Waals surface area contributed by atoms with Gasteiger partial charge in [-0.2, -0.15) is 0 Å². The Morgan fingerprint density at radius 3 is 2.40 bits per heavy atom. The topological polar surface area (TPSA) is 54.7 Å². The van der Waals surface area contributed by atoms with Crippen LogP contribution in [-0.4, -0.2) is 16.5 Å². The fourth-order valence-corrected chi connectivity index (χ4v) is 2.29. The molecule has 0 fully saturated rings. The highest BCUT2D eigenvalue weighted by atomic mass is 19.1. The summed E-state index contributed by atoms with van der Waals surface area (Å²) in [5.74, 6) is 0.189. The average Bonchev–Trinajstić information content (AvgIpc) is 2.84. The van der Waals surface area contributed by atoms with Gasteiger partial charge in [0.15, 0.2) is 0 Å². The van der Waals surface area contributed by atoms with E-state index in [0.717, 1.165) is 18.3 Å². The fraction of sp³-hybridized carbons (Fsp3) is 0.400. The molecule has 2 rings (SSSR count). The van der Waals surface area contributed by atoms with Crippen molar-refractivity contribution in [3.05, 3.63) is 41.9 Å². The number of aromatic nitrogens is 2. The number of benzene rings is 1. The summed E-state index contributed by atoms with van der Waals surface area (Å²) >= 11 is 0. The first-order valence-electron chi connectivity index (χ1n) is 6.71. The number of rotatable bonds is 5. The molecule has 0 spiro atoms. The molecule has 1 heterocycles. The summed E-state index contributed by atoms with van der Waals surface area (Å²) < 4.78 is 26.4. The first-order chi connectivity index (χ1) is 9.49. The maximum absolute atomic E-state index is 13.2. The molecule has 3 N–H and O–H groups in total. The van der Waals surface area contributed by atoms with Gasteiger partial charge in [0.2, 0.25) is 0 Å². The Morgan fingerprint density at radius 1 is 1.20 bits per heavy atom. The number of hydrogen-bond acceptors (Lipinski definition) is 2. The third-order valence-corrected chi connectivity index (χ3v) is 3.20. The van der Waals surface area contributed by atoms with Gasteiger partial charge in [-0.3, -0.25) is 0 Å². The standard InChI is InChI=1S/C15H19F2N3/c1-9(2)3-11(7-18)15-19-8-14(20-15)10-4-12(16)6-13(17)5-10/h4-6,8-9,11H,3,7,18H2,1-2H3,(H,19,20). The number of aromatic amines is 1. The summed E-state index contributed by atoms with van der Waals surface area (Å²) in [6.45, 7) is 4.73. The molecule has 0 aliphatic heterocycles. The van der Waals surface area contributed by atoms with E-state index in [2.05, 4.69) is 23.8 Å². The maximum Gasteiger partial charge on any atom is 0.126 e. The Kier molecular flexibility index (Phi) is 4.49. The van der Waals surface area contributed by atoms with Gasteiger partial charge in [-0.25, -0.2) is 13.8 Å². The molecule has 20 heavy (non-hydrogen) atoms. The molecule has 108 valence electrons. The molecule has 1 unspecified atom stereocenters. The minimum atomic E-state index is -0.603. The van der Waals surface area contributed by atoms with E-state index >= 15 is 0 Å². The largest absolute Gasteiger partial charge is 0.342 e. The van der Waals surface area contributed by atoms with E-state index in [-0.39, 0.29) is 5.92 Å². The van der Waals surface area contributed by atoms with Crippen molar-refractivity contribution in [2.45, 2.75) is 26.2 Å². The Balaban J connectivity index is 2.27. The number of nitrogens with zero attached hydrogens (tertiary/aromatic N) is 1. The third kappa shape index (κ3) is 3.42. The van der Waals surface area contributed by atoms with Crippen LogP contribution in [0.2, 0.25) is 0 Å². The van der Waals surface area contributed by atoms with Crippen molar-refractivity contribution >= 4 is 0 Å². The van der Waals surface area contributed by atoms with E-state index in [1.807, 2.05) is 0 Å². The zero-order chi connectivity index (χ0) is 14.7. The molecule has 0 bridgehead atoms.